The van der Waals surface area contributed by atoms with Crippen LogP contribution in [0.15, 0.2) is 108 Å². The van der Waals surface area contributed by atoms with E-state index in [0.29, 0.717) is 18.0 Å². The van der Waals surface area contributed by atoms with Crippen LogP contribution in [0, 0.1) is 13.8 Å². The molecule has 252 valence electrons. The minimum Gasteiger partial charge on any atom is -0.494 e. The molecule has 5 rings (SSSR count). The molecule has 0 aromatic heterocycles. The van der Waals surface area contributed by atoms with Crippen LogP contribution in [0.2, 0.25) is 0 Å². The number of sulfonamides is 1. The Hall–Kier alpha value is -4.63. The number of nitrogens with zero attached hydrogens (tertiary/aromatic N) is 2. The van der Waals surface area contributed by atoms with Gasteiger partial charge in [0.2, 0.25) is 11.8 Å². The average molecular weight is 668 g/mol. The number of carbonyl (C=O) groups is 2. The van der Waals surface area contributed by atoms with Crippen LogP contribution in [0.4, 0.5) is 5.69 Å². The Labute approximate surface area is 284 Å². The number of aryl methyl sites for hydroxylation is 2. The summed E-state index contributed by atoms with van der Waals surface area (Å²) in [5, 5.41) is 3.22. The quantitative estimate of drug-likeness (QED) is 0.164. The van der Waals surface area contributed by atoms with Gasteiger partial charge in [0.15, 0.2) is 0 Å². The number of benzene rings is 4. The van der Waals surface area contributed by atoms with Crippen LogP contribution in [0.1, 0.15) is 54.9 Å². The zero-order valence-corrected chi connectivity index (χ0v) is 28.8. The molecule has 48 heavy (non-hydrogen) atoms. The lowest BCUT2D eigenvalue weighted by atomic mass is 10.0. The Morgan fingerprint density at radius 2 is 1.42 bits per heavy atom. The van der Waals surface area contributed by atoms with Gasteiger partial charge in [-0.25, -0.2) is 8.42 Å². The van der Waals surface area contributed by atoms with E-state index in [1.54, 1.807) is 53.4 Å². The Balaban J connectivity index is 1.56. The molecule has 0 aliphatic heterocycles. The third-order valence-electron chi connectivity index (χ3n) is 8.77. The number of nitrogens with one attached hydrogen (secondary N) is 1. The standard InChI is InChI=1S/C39H45N3O5S/c1-4-47-35-22-20-34(21-23-35)42(48(45,46)36-24-16-30(3)17-25-36)28-38(43)41(27-32-18-14-29(2)15-19-32)37(26-31-10-6-5-7-11-31)39(44)40-33-12-8-9-13-33/h5-7,10-11,14-25,33,37H,4,8-9,12-13,26-28H2,1-3H3,(H,40,44)/t37-/m1/s1. The predicted octanol–water partition coefficient (Wildman–Crippen LogP) is 6.60. The Morgan fingerprint density at radius 1 is 0.812 bits per heavy atom. The van der Waals surface area contributed by atoms with Gasteiger partial charge in [0, 0.05) is 19.0 Å². The van der Waals surface area contributed by atoms with Crippen LogP contribution in [-0.2, 0) is 32.6 Å². The van der Waals surface area contributed by atoms with Crippen molar-refractivity contribution in [1.82, 2.24) is 10.2 Å². The van der Waals surface area contributed by atoms with Crippen molar-refractivity contribution in [1.29, 1.82) is 0 Å². The van der Waals surface area contributed by atoms with E-state index in [0.717, 1.165) is 52.2 Å². The lowest BCUT2D eigenvalue weighted by Gasteiger charge is -2.34. The summed E-state index contributed by atoms with van der Waals surface area (Å²) >= 11 is 0. The van der Waals surface area contributed by atoms with Gasteiger partial charge in [0.05, 0.1) is 17.2 Å². The lowest BCUT2D eigenvalue weighted by Crippen LogP contribution is -2.54. The van der Waals surface area contributed by atoms with Crippen LogP contribution in [0.25, 0.3) is 0 Å². The van der Waals surface area contributed by atoms with Crippen molar-refractivity contribution < 1.29 is 22.7 Å². The second-order valence-corrected chi connectivity index (χ2v) is 14.3. The average Bonchev–Trinajstić information content (AvgIpc) is 3.60. The van der Waals surface area contributed by atoms with Gasteiger partial charge in [-0.1, -0.05) is 90.7 Å². The molecule has 4 aromatic rings. The van der Waals surface area contributed by atoms with Gasteiger partial charge >= 0.3 is 0 Å². The summed E-state index contributed by atoms with van der Waals surface area (Å²) in [5.74, 6) is -0.129. The van der Waals surface area contributed by atoms with E-state index in [-0.39, 0.29) is 29.8 Å². The number of ether oxygens (including phenoxy) is 1. The van der Waals surface area contributed by atoms with Crippen molar-refractivity contribution in [3.05, 3.63) is 125 Å². The fraction of sp³-hybridized carbons (Fsp3) is 0.333. The van der Waals surface area contributed by atoms with Gasteiger partial charge < -0.3 is 15.0 Å². The number of hydrogen-bond donors (Lipinski definition) is 1. The van der Waals surface area contributed by atoms with Crippen molar-refractivity contribution in [3.63, 3.8) is 0 Å². The van der Waals surface area contributed by atoms with Crippen LogP contribution in [0.3, 0.4) is 0 Å². The van der Waals surface area contributed by atoms with Gasteiger partial charge in [-0.05, 0) is 81.1 Å². The van der Waals surface area contributed by atoms with Crippen molar-refractivity contribution in [3.8, 4) is 5.75 Å². The van der Waals surface area contributed by atoms with Crippen molar-refractivity contribution in [2.75, 3.05) is 17.5 Å². The van der Waals surface area contributed by atoms with Crippen molar-refractivity contribution in [2.24, 2.45) is 0 Å². The maximum Gasteiger partial charge on any atom is 0.264 e. The third kappa shape index (κ3) is 8.83. The highest BCUT2D eigenvalue weighted by molar-refractivity contribution is 7.92. The molecule has 1 N–H and O–H groups in total. The highest BCUT2D eigenvalue weighted by Gasteiger charge is 2.35. The van der Waals surface area contributed by atoms with Crippen LogP contribution in [-0.4, -0.2) is 50.4 Å². The maximum atomic E-state index is 14.7. The summed E-state index contributed by atoms with van der Waals surface area (Å²) < 4.78 is 35.3. The summed E-state index contributed by atoms with van der Waals surface area (Å²) in [7, 11) is -4.18. The number of rotatable bonds is 14. The molecular formula is C39H45N3O5S. The zero-order valence-electron chi connectivity index (χ0n) is 28.0. The van der Waals surface area contributed by atoms with Gasteiger partial charge in [-0.3, -0.25) is 13.9 Å². The van der Waals surface area contributed by atoms with Gasteiger partial charge in [0.1, 0.15) is 18.3 Å². The molecule has 1 fully saturated rings. The molecule has 1 aliphatic rings. The molecule has 0 bridgehead atoms. The molecule has 0 unspecified atom stereocenters. The first-order valence-corrected chi connectivity index (χ1v) is 18.1. The van der Waals surface area contributed by atoms with E-state index in [9.17, 15) is 18.0 Å². The minimum atomic E-state index is -4.18. The van der Waals surface area contributed by atoms with Crippen molar-refractivity contribution in [2.45, 2.75) is 76.4 Å². The molecule has 1 saturated carbocycles. The van der Waals surface area contributed by atoms with E-state index in [2.05, 4.69) is 5.32 Å². The summed E-state index contributed by atoms with van der Waals surface area (Å²) in [6, 6.07) is 29.9. The molecule has 4 aromatic carbocycles. The first-order chi connectivity index (χ1) is 23.1. The molecular weight excluding hydrogens is 623 g/mol. The molecule has 1 aliphatic carbocycles. The number of amides is 2. The third-order valence-corrected chi connectivity index (χ3v) is 10.6. The Morgan fingerprint density at radius 3 is 2.02 bits per heavy atom. The lowest BCUT2D eigenvalue weighted by molar-refractivity contribution is -0.140. The first-order valence-electron chi connectivity index (χ1n) is 16.7. The summed E-state index contributed by atoms with van der Waals surface area (Å²) in [6.07, 6.45) is 4.18. The molecule has 0 radical (unpaired) electrons. The summed E-state index contributed by atoms with van der Waals surface area (Å²) in [5.41, 5.74) is 4.05. The second kappa shape index (κ2) is 16.0. The molecule has 0 spiro atoms. The smallest absolute Gasteiger partial charge is 0.264 e. The normalized spacial score (nSPS) is 13.9. The van der Waals surface area contributed by atoms with Crippen molar-refractivity contribution >= 4 is 27.5 Å². The van der Waals surface area contributed by atoms with E-state index in [1.807, 2.05) is 75.4 Å². The van der Waals surface area contributed by atoms with Gasteiger partial charge in [0.25, 0.3) is 10.0 Å². The van der Waals surface area contributed by atoms with Gasteiger partial charge in [-0.2, -0.15) is 0 Å². The van der Waals surface area contributed by atoms with E-state index in [1.165, 1.54) is 0 Å². The second-order valence-electron chi connectivity index (χ2n) is 12.5. The fourth-order valence-electron chi connectivity index (χ4n) is 6.05. The molecule has 1 atom stereocenters. The largest absolute Gasteiger partial charge is 0.494 e. The predicted molar refractivity (Wildman–Crippen MR) is 189 cm³/mol. The fourth-order valence-corrected chi connectivity index (χ4v) is 7.47. The summed E-state index contributed by atoms with van der Waals surface area (Å²) in [6.45, 7) is 5.84. The van der Waals surface area contributed by atoms with Crippen LogP contribution in [0.5, 0.6) is 5.75 Å². The number of hydrogen-bond acceptors (Lipinski definition) is 5. The van der Waals surface area contributed by atoms with E-state index < -0.39 is 28.5 Å². The Bertz CT molecular complexity index is 1750. The van der Waals surface area contributed by atoms with E-state index in [4.69, 9.17) is 4.74 Å². The van der Waals surface area contributed by atoms with Crippen LogP contribution < -0.4 is 14.4 Å². The molecule has 2 amide bonds. The molecule has 0 heterocycles. The highest BCUT2D eigenvalue weighted by Crippen LogP contribution is 2.28. The molecule has 8 nitrogen and oxygen atoms in total. The maximum absolute atomic E-state index is 14.7. The summed E-state index contributed by atoms with van der Waals surface area (Å²) in [4.78, 5) is 30.5. The van der Waals surface area contributed by atoms with E-state index >= 15 is 0 Å². The van der Waals surface area contributed by atoms with Crippen LogP contribution >= 0.6 is 0 Å². The van der Waals surface area contributed by atoms with Gasteiger partial charge in [-0.15, -0.1) is 0 Å². The first kappa shape index (κ1) is 34.7. The topological polar surface area (TPSA) is 96.0 Å². The molecule has 0 saturated heterocycles. The molecule has 9 heteroatoms. The number of anilines is 1. The monoisotopic (exact) mass is 667 g/mol. The SMILES string of the molecule is CCOc1ccc(N(CC(=O)N(Cc2ccc(C)cc2)[C@H](Cc2ccccc2)C(=O)NC2CCCC2)S(=O)(=O)c2ccc(C)cc2)cc1. The minimum absolute atomic E-state index is 0.0503. The number of carbonyl (C=O) groups excluding carboxylic acids is 2. The Kier molecular flexibility index (Phi) is 11.5. The highest BCUT2D eigenvalue weighted by atomic mass is 32.2. The zero-order chi connectivity index (χ0) is 34.1.